The number of hydrogen-bond acceptors (Lipinski definition) is 6. The van der Waals surface area contributed by atoms with Crippen LogP contribution in [0.2, 0.25) is 0 Å². The van der Waals surface area contributed by atoms with Crippen LogP contribution in [0.3, 0.4) is 0 Å². The number of amides is 1. The highest BCUT2D eigenvalue weighted by Crippen LogP contribution is 2.26. The number of carbonyl (C=O) groups is 1. The second-order valence-electron chi connectivity index (χ2n) is 8.21. The lowest BCUT2D eigenvalue weighted by Crippen LogP contribution is -2.45. The van der Waals surface area contributed by atoms with Crippen molar-refractivity contribution in [2.24, 2.45) is 5.92 Å². The highest BCUT2D eigenvalue weighted by Gasteiger charge is 2.33. The molecule has 1 aliphatic heterocycles. The number of furan rings is 1. The molecular formula is C21H27N5O4S. The van der Waals surface area contributed by atoms with Crippen molar-refractivity contribution >= 4 is 27.0 Å². The van der Waals surface area contributed by atoms with Gasteiger partial charge in [0.2, 0.25) is 15.9 Å². The topological polar surface area (TPSA) is 110 Å². The van der Waals surface area contributed by atoms with E-state index in [0.29, 0.717) is 30.7 Å². The lowest BCUT2D eigenvalue weighted by molar-refractivity contribution is -0.126. The molecule has 1 aromatic carbocycles. The summed E-state index contributed by atoms with van der Waals surface area (Å²) in [6.07, 6.45) is 1.28. The van der Waals surface area contributed by atoms with Gasteiger partial charge in [0.15, 0.2) is 0 Å². The van der Waals surface area contributed by atoms with E-state index < -0.39 is 15.9 Å². The van der Waals surface area contributed by atoms with E-state index in [1.165, 1.54) is 4.31 Å². The second-order valence-corrected chi connectivity index (χ2v) is 10.1. The predicted molar refractivity (Wildman–Crippen MR) is 115 cm³/mol. The van der Waals surface area contributed by atoms with Crippen LogP contribution in [-0.2, 0) is 21.4 Å². The number of rotatable bonds is 6. The third-order valence-electron chi connectivity index (χ3n) is 5.56. The van der Waals surface area contributed by atoms with Gasteiger partial charge in [-0.15, -0.1) is 5.10 Å². The van der Waals surface area contributed by atoms with Crippen molar-refractivity contribution in [3.8, 4) is 0 Å². The van der Waals surface area contributed by atoms with Crippen molar-refractivity contribution in [3.63, 3.8) is 0 Å². The molecule has 1 fully saturated rings. The minimum Gasteiger partial charge on any atom is -0.465 e. The molecule has 9 nitrogen and oxygen atoms in total. The average Bonchev–Trinajstić information content (AvgIpc) is 3.37. The molecular weight excluding hydrogens is 418 g/mol. The number of hydrogen-bond donors (Lipinski definition) is 1. The van der Waals surface area contributed by atoms with Crippen molar-refractivity contribution < 1.29 is 17.6 Å². The van der Waals surface area contributed by atoms with Crippen LogP contribution >= 0.6 is 0 Å². The van der Waals surface area contributed by atoms with Gasteiger partial charge in [0.1, 0.15) is 17.0 Å². The van der Waals surface area contributed by atoms with Gasteiger partial charge >= 0.3 is 0 Å². The normalized spacial score (nSPS) is 18.0. The molecule has 1 amide bonds. The molecule has 3 heterocycles. The minimum atomic E-state index is -3.74. The van der Waals surface area contributed by atoms with Crippen molar-refractivity contribution in [1.82, 2.24) is 24.6 Å². The summed E-state index contributed by atoms with van der Waals surface area (Å²) in [6.45, 7) is 6.66. The molecule has 1 saturated heterocycles. The number of aromatic nitrogens is 3. The molecule has 4 rings (SSSR count). The molecule has 1 N–H and O–H groups in total. The Bertz CT molecular complexity index is 1200. The summed E-state index contributed by atoms with van der Waals surface area (Å²) in [6, 6.07) is 8.66. The Morgan fingerprint density at radius 1 is 1.29 bits per heavy atom. The summed E-state index contributed by atoms with van der Waals surface area (Å²) in [7, 11) is -3.74. The largest absolute Gasteiger partial charge is 0.465 e. The smallest absolute Gasteiger partial charge is 0.243 e. The SMILES string of the molecule is Cc1ccc(CNC(=O)[C@@H]2CCCN(S(=O)(=O)c3ccc4c(c3)nnn4C(C)C)C2)o1. The molecule has 2 aromatic heterocycles. The van der Waals surface area contributed by atoms with E-state index in [0.717, 1.165) is 11.3 Å². The summed E-state index contributed by atoms with van der Waals surface area (Å²) in [5, 5.41) is 11.1. The molecule has 0 bridgehead atoms. The van der Waals surface area contributed by atoms with Gasteiger partial charge in [-0.05, 0) is 63.9 Å². The molecule has 31 heavy (non-hydrogen) atoms. The maximum atomic E-state index is 13.2. The van der Waals surface area contributed by atoms with E-state index in [-0.39, 0.29) is 29.9 Å². The van der Waals surface area contributed by atoms with Crippen molar-refractivity contribution in [3.05, 3.63) is 41.9 Å². The van der Waals surface area contributed by atoms with Crippen LogP contribution in [0.1, 0.15) is 44.3 Å². The lowest BCUT2D eigenvalue weighted by atomic mass is 9.99. The lowest BCUT2D eigenvalue weighted by Gasteiger charge is -2.31. The molecule has 0 radical (unpaired) electrons. The van der Waals surface area contributed by atoms with Crippen molar-refractivity contribution in [2.45, 2.75) is 51.1 Å². The van der Waals surface area contributed by atoms with Crippen LogP contribution in [0.25, 0.3) is 11.0 Å². The number of carbonyl (C=O) groups excluding carboxylic acids is 1. The molecule has 3 aromatic rings. The Morgan fingerprint density at radius 3 is 2.81 bits per heavy atom. The maximum absolute atomic E-state index is 13.2. The van der Waals surface area contributed by atoms with E-state index in [1.54, 1.807) is 22.9 Å². The monoisotopic (exact) mass is 445 g/mol. The molecule has 0 aliphatic carbocycles. The molecule has 1 atom stereocenters. The quantitative estimate of drug-likeness (QED) is 0.625. The average molecular weight is 446 g/mol. The zero-order valence-electron chi connectivity index (χ0n) is 17.9. The number of piperidine rings is 1. The van der Waals surface area contributed by atoms with Gasteiger partial charge < -0.3 is 9.73 Å². The number of fused-ring (bicyclic) bond motifs is 1. The Balaban J connectivity index is 1.47. The van der Waals surface area contributed by atoms with E-state index in [9.17, 15) is 13.2 Å². The van der Waals surface area contributed by atoms with E-state index >= 15 is 0 Å². The summed E-state index contributed by atoms with van der Waals surface area (Å²) in [4.78, 5) is 12.8. The van der Waals surface area contributed by atoms with Gasteiger partial charge in [-0.3, -0.25) is 4.79 Å². The van der Waals surface area contributed by atoms with E-state index in [1.807, 2.05) is 32.9 Å². The first-order chi connectivity index (χ1) is 14.8. The highest BCUT2D eigenvalue weighted by atomic mass is 32.2. The Labute approximate surface area is 181 Å². The predicted octanol–water partition coefficient (Wildman–Crippen LogP) is 2.63. The molecule has 0 unspecified atom stereocenters. The molecule has 0 spiro atoms. The molecule has 10 heteroatoms. The van der Waals surface area contributed by atoms with Gasteiger partial charge in [0.25, 0.3) is 0 Å². The third kappa shape index (κ3) is 4.35. The zero-order chi connectivity index (χ0) is 22.2. The van der Waals surface area contributed by atoms with Crippen LogP contribution in [0.15, 0.2) is 39.6 Å². The molecule has 166 valence electrons. The van der Waals surface area contributed by atoms with Crippen LogP contribution in [-0.4, -0.2) is 46.7 Å². The third-order valence-corrected chi connectivity index (χ3v) is 7.42. The van der Waals surface area contributed by atoms with Gasteiger partial charge in [-0.2, -0.15) is 4.31 Å². The van der Waals surface area contributed by atoms with E-state index in [4.69, 9.17) is 4.42 Å². The number of nitrogens with one attached hydrogen (secondary N) is 1. The molecule has 0 saturated carbocycles. The van der Waals surface area contributed by atoms with Crippen LogP contribution in [0.4, 0.5) is 0 Å². The van der Waals surface area contributed by atoms with Gasteiger partial charge in [-0.25, -0.2) is 13.1 Å². The fraction of sp³-hybridized carbons (Fsp3) is 0.476. The summed E-state index contributed by atoms with van der Waals surface area (Å²) < 4.78 is 35.1. The molecule has 1 aliphatic rings. The Morgan fingerprint density at radius 2 is 2.10 bits per heavy atom. The maximum Gasteiger partial charge on any atom is 0.243 e. The first kappa shape index (κ1) is 21.5. The zero-order valence-corrected chi connectivity index (χ0v) is 18.7. The fourth-order valence-corrected chi connectivity index (χ4v) is 5.43. The van der Waals surface area contributed by atoms with Crippen LogP contribution < -0.4 is 5.32 Å². The number of sulfonamides is 1. The summed E-state index contributed by atoms with van der Waals surface area (Å²) in [5.74, 6) is 0.896. The fourth-order valence-electron chi connectivity index (χ4n) is 3.89. The Kier molecular flexibility index (Phi) is 5.85. The number of benzene rings is 1. The van der Waals surface area contributed by atoms with Crippen LogP contribution in [0.5, 0.6) is 0 Å². The first-order valence-electron chi connectivity index (χ1n) is 10.4. The highest BCUT2D eigenvalue weighted by molar-refractivity contribution is 7.89. The standard InChI is InChI=1S/C21H27N5O4S/c1-14(2)26-20-9-8-18(11-19(20)23-24-26)31(28,29)25-10-4-5-16(13-25)21(27)22-12-17-7-6-15(3)30-17/h6-9,11,14,16H,4-5,10,12-13H2,1-3H3,(H,22,27)/t16-/m1/s1. The van der Waals surface area contributed by atoms with Crippen LogP contribution in [0, 0.1) is 12.8 Å². The van der Waals surface area contributed by atoms with Crippen molar-refractivity contribution in [2.75, 3.05) is 13.1 Å². The number of nitrogens with zero attached hydrogens (tertiary/aromatic N) is 4. The van der Waals surface area contributed by atoms with Gasteiger partial charge in [-0.1, -0.05) is 5.21 Å². The summed E-state index contributed by atoms with van der Waals surface area (Å²) >= 11 is 0. The Hall–Kier alpha value is -2.72. The second kappa shape index (κ2) is 8.43. The minimum absolute atomic E-state index is 0.124. The number of aryl methyl sites for hydroxylation is 1. The van der Waals surface area contributed by atoms with Gasteiger partial charge in [0, 0.05) is 19.1 Å². The van der Waals surface area contributed by atoms with Crippen molar-refractivity contribution in [1.29, 1.82) is 0 Å². The van der Waals surface area contributed by atoms with Gasteiger partial charge in [0.05, 0.1) is 22.9 Å². The summed E-state index contributed by atoms with van der Waals surface area (Å²) in [5.41, 5.74) is 1.33. The first-order valence-corrected chi connectivity index (χ1v) is 11.9. The van der Waals surface area contributed by atoms with E-state index in [2.05, 4.69) is 15.6 Å².